The van der Waals surface area contributed by atoms with E-state index in [0.717, 1.165) is 76.2 Å². The molecule has 3 N–H and O–H groups in total. The minimum absolute atomic E-state index is 0.0376. The van der Waals surface area contributed by atoms with Crippen LogP contribution in [0.25, 0.3) is 0 Å². The molecular formula is C59H82N4O16. The Morgan fingerprint density at radius 1 is 0.684 bits per heavy atom. The smallest absolute Gasteiger partial charge is 0.329 e. The molecule has 2 unspecified atom stereocenters. The molecule has 2 aliphatic carbocycles. The van der Waals surface area contributed by atoms with Gasteiger partial charge in [0.1, 0.15) is 36.5 Å². The molecule has 0 bridgehead atoms. The van der Waals surface area contributed by atoms with Crippen molar-refractivity contribution < 1.29 is 76.4 Å². The lowest BCUT2D eigenvalue weighted by Crippen LogP contribution is -2.46. The molecule has 0 spiro atoms. The highest BCUT2D eigenvalue weighted by atomic mass is 16.7. The lowest BCUT2D eigenvalue weighted by Gasteiger charge is -2.34. The number of methoxy groups -OCH3 is 2. The van der Waals surface area contributed by atoms with Crippen LogP contribution in [0.5, 0.6) is 23.0 Å². The van der Waals surface area contributed by atoms with Crippen molar-refractivity contribution in [1.82, 2.24) is 20.6 Å². The Hall–Kier alpha value is -6.09. The number of benzene rings is 1. The number of aromatic nitrogens is 2. The van der Waals surface area contributed by atoms with Crippen LogP contribution in [-0.2, 0) is 54.0 Å². The topological polar surface area (TPSA) is 248 Å². The molecule has 20 heteroatoms. The number of amides is 2. The molecule has 4 aliphatic rings. The van der Waals surface area contributed by atoms with Crippen LogP contribution in [-0.4, -0.2) is 140 Å². The molecule has 4 fully saturated rings. The van der Waals surface area contributed by atoms with Gasteiger partial charge in [-0.1, -0.05) is 63.3 Å². The summed E-state index contributed by atoms with van der Waals surface area (Å²) in [6.45, 7) is 7.41. The number of carbonyl (C=O) groups is 5. The van der Waals surface area contributed by atoms with Gasteiger partial charge in [-0.25, -0.2) is 19.6 Å². The van der Waals surface area contributed by atoms with Gasteiger partial charge >= 0.3 is 17.9 Å². The average molecular weight is 1100 g/mol. The zero-order valence-electron chi connectivity index (χ0n) is 46.8. The van der Waals surface area contributed by atoms with Crippen LogP contribution in [0.2, 0.25) is 0 Å². The van der Waals surface area contributed by atoms with Gasteiger partial charge in [0.15, 0.2) is 34.4 Å². The number of cyclic esters (lactones) is 2. The predicted molar refractivity (Wildman–Crippen MR) is 288 cm³/mol. The molecular weight excluding hydrogens is 1020 g/mol. The standard InChI is InChI=1S/C59H82N4O16/c1-7-8-11-32-72-54-37(3)77-58(68)43(62-56(66)50-52(65)46(70-5)28-30-60-50)24-15-27-49(54)79-45-25-13-22-42(45)40-19-12-17-39(34-40)18-16-33-73-53-36(2)76-59(69)44(23-14-26-48(53)78-41-20-9-10-21-41)63-57(67)51-55(75-35-74-38(4)64)47(71-6)29-31-61-51/h12,17,19,28-31,34,36-37,41-45,48-49,53-54,65H,7-11,13-16,18,20-27,32-33,35H2,1-6H3,(H,62,66)(H,63,67)/t36-,37-,42?,43-,44-,45?,48-,49-,53-,54-/m0/s1. The number of hydrogen-bond acceptors (Lipinski definition) is 18. The van der Waals surface area contributed by atoms with Gasteiger partial charge in [0.25, 0.3) is 11.8 Å². The van der Waals surface area contributed by atoms with Crippen molar-refractivity contribution in [2.24, 2.45) is 0 Å². The first-order valence-electron chi connectivity index (χ1n) is 28.4. The Bertz CT molecular complexity index is 2470. The summed E-state index contributed by atoms with van der Waals surface area (Å²) < 4.78 is 60.3. The van der Waals surface area contributed by atoms with Crippen molar-refractivity contribution in [3.8, 4) is 23.0 Å². The number of rotatable bonds is 24. The number of carbonyl (C=O) groups excluding carboxylic acids is 5. The van der Waals surface area contributed by atoms with Crippen molar-refractivity contribution >= 4 is 29.7 Å². The van der Waals surface area contributed by atoms with Crippen LogP contribution < -0.4 is 24.8 Å². The number of esters is 3. The summed E-state index contributed by atoms with van der Waals surface area (Å²) in [4.78, 5) is 74.3. The summed E-state index contributed by atoms with van der Waals surface area (Å²) in [5, 5.41) is 16.1. The van der Waals surface area contributed by atoms with Crippen molar-refractivity contribution in [1.29, 1.82) is 0 Å². The fourth-order valence-electron chi connectivity index (χ4n) is 11.2. The molecule has 2 aliphatic heterocycles. The Labute approximate surface area is 463 Å². The summed E-state index contributed by atoms with van der Waals surface area (Å²) in [6, 6.07) is 9.62. The van der Waals surface area contributed by atoms with Crippen molar-refractivity contribution in [3.63, 3.8) is 0 Å². The molecule has 434 valence electrons. The number of unbranched alkanes of at least 4 members (excludes halogenated alkanes) is 2. The van der Waals surface area contributed by atoms with E-state index in [0.29, 0.717) is 45.3 Å². The molecule has 4 heterocycles. The number of hydrogen-bond donors (Lipinski definition) is 3. The maximum atomic E-state index is 13.9. The Morgan fingerprint density at radius 2 is 1.27 bits per heavy atom. The maximum absolute atomic E-state index is 13.9. The van der Waals surface area contributed by atoms with Gasteiger partial charge in [-0.05, 0) is 108 Å². The van der Waals surface area contributed by atoms with Gasteiger partial charge in [0.2, 0.25) is 6.79 Å². The van der Waals surface area contributed by atoms with Crippen LogP contribution in [0.4, 0.5) is 0 Å². The van der Waals surface area contributed by atoms with E-state index in [1.165, 1.54) is 51.2 Å². The molecule has 0 radical (unpaired) electrons. The van der Waals surface area contributed by atoms with Gasteiger partial charge in [-0.2, -0.15) is 0 Å². The first kappa shape index (κ1) is 60.5. The van der Waals surface area contributed by atoms with Gasteiger partial charge in [-0.3, -0.25) is 14.4 Å². The van der Waals surface area contributed by atoms with Crippen molar-refractivity contribution in [2.75, 3.05) is 34.2 Å². The molecule has 1 aromatic carbocycles. The molecule has 2 saturated carbocycles. The van der Waals surface area contributed by atoms with Gasteiger partial charge in [0, 0.05) is 50.6 Å². The molecule has 2 amide bonds. The van der Waals surface area contributed by atoms with Crippen LogP contribution in [0, 0.1) is 0 Å². The van der Waals surface area contributed by atoms with Crippen molar-refractivity contribution in [3.05, 3.63) is 71.3 Å². The monoisotopic (exact) mass is 1100 g/mol. The fraction of sp³-hybridized carbons (Fsp3) is 0.644. The first-order valence-corrected chi connectivity index (χ1v) is 28.4. The van der Waals surface area contributed by atoms with E-state index in [4.69, 9.17) is 47.4 Å². The molecule has 2 aromatic heterocycles. The largest absolute Gasteiger partial charge is 0.503 e. The van der Waals surface area contributed by atoms with E-state index < -0.39 is 78.8 Å². The van der Waals surface area contributed by atoms with E-state index in [1.807, 2.05) is 13.8 Å². The number of nitrogens with zero attached hydrogens (tertiary/aromatic N) is 2. The van der Waals surface area contributed by atoms with E-state index in [2.05, 4.69) is 51.8 Å². The quantitative estimate of drug-likeness (QED) is 0.0331. The molecule has 7 rings (SSSR count). The highest BCUT2D eigenvalue weighted by Crippen LogP contribution is 2.40. The molecule has 79 heavy (non-hydrogen) atoms. The summed E-state index contributed by atoms with van der Waals surface area (Å²) in [5.74, 6) is -3.21. The molecule has 20 nitrogen and oxygen atoms in total. The third kappa shape index (κ3) is 17.0. The van der Waals surface area contributed by atoms with E-state index in [1.54, 1.807) is 0 Å². The minimum Gasteiger partial charge on any atom is -0.503 e. The normalized spacial score (nSPS) is 25.9. The van der Waals surface area contributed by atoms with Crippen LogP contribution in [0.15, 0.2) is 48.8 Å². The summed E-state index contributed by atoms with van der Waals surface area (Å²) in [7, 11) is 2.78. The zero-order valence-corrected chi connectivity index (χ0v) is 46.8. The van der Waals surface area contributed by atoms with Gasteiger partial charge in [-0.15, -0.1) is 0 Å². The van der Waals surface area contributed by atoms with E-state index >= 15 is 0 Å². The van der Waals surface area contributed by atoms with Crippen LogP contribution in [0.3, 0.4) is 0 Å². The van der Waals surface area contributed by atoms with E-state index in [9.17, 15) is 29.1 Å². The highest BCUT2D eigenvalue weighted by Gasteiger charge is 2.41. The summed E-state index contributed by atoms with van der Waals surface area (Å²) in [6.07, 6.45) is 13.5. The summed E-state index contributed by atoms with van der Waals surface area (Å²) in [5.41, 5.74) is 1.96. The van der Waals surface area contributed by atoms with Crippen LogP contribution >= 0.6 is 0 Å². The number of ether oxygens (including phenoxy) is 10. The average Bonchev–Trinajstić information content (AvgIpc) is 4.18. The molecule has 10 atom stereocenters. The number of aryl methyl sites for hydroxylation is 1. The number of pyridine rings is 2. The second-order valence-electron chi connectivity index (χ2n) is 21.1. The molecule has 3 aromatic rings. The SMILES string of the molecule is CCCCCO[C@H]1[C@H](C)OC(=O)[C@@H](NC(=O)c2nccc(OC)c2O)CCC[C@@H]1OC1CCCC1c1cccc(CCCO[C@H]2[C@H](C)OC(=O)[C@@H](NC(=O)c3nccc(OC)c3OCOC(C)=O)CCC[C@@H]2OC2CCCC2)c1. The second kappa shape index (κ2) is 30.5. The van der Waals surface area contributed by atoms with Crippen LogP contribution in [0.1, 0.15) is 175 Å². The highest BCUT2D eigenvalue weighted by molar-refractivity contribution is 5.98. The number of aromatic hydroxyl groups is 1. The Morgan fingerprint density at radius 3 is 1.90 bits per heavy atom. The molecule has 2 saturated heterocycles. The first-order chi connectivity index (χ1) is 38.3. The van der Waals surface area contributed by atoms with Crippen molar-refractivity contribution in [2.45, 2.75) is 210 Å². The predicted octanol–water partition coefficient (Wildman–Crippen LogP) is 8.17. The maximum Gasteiger partial charge on any atom is 0.329 e. The minimum atomic E-state index is -1.00. The van der Waals surface area contributed by atoms with Gasteiger partial charge in [0.05, 0.1) is 38.6 Å². The number of nitrogens with one attached hydrogen (secondary N) is 2. The van der Waals surface area contributed by atoms with E-state index in [-0.39, 0.29) is 71.8 Å². The second-order valence-corrected chi connectivity index (χ2v) is 21.1. The fourth-order valence-corrected chi connectivity index (χ4v) is 11.2. The Balaban J connectivity index is 0.979. The summed E-state index contributed by atoms with van der Waals surface area (Å²) >= 11 is 0. The Kier molecular flexibility index (Phi) is 23.4. The third-order valence-electron chi connectivity index (χ3n) is 15.3. The van der Waals surface area contributed by atoms with Gasteiger partial charge < -0.3 is 63.1 Å². The lowest BCUT2D eigenvalue weighted by atomic mass is 9.92. The zero-order chi connectivity index (χ0) is 56.3. The lowest BCUT2D eigenvalue weighted by molar-refractivity contribution is -0.173. The third-order valence-corrected chi connectivity index (χ3v) is 15.3.